The van der Waals surface area contributed by atoms with Gasteiger partial charge >= 0.3 is 0 Å². The second-order valence-corrected chi connectivity index (χ2v) is 11.6. The van der Waals surface area contributed by atoms with E-state index >= 15 is 0 Å². The fourth-order valence-electron chi connectivity index (χ4n) is 5.52. The lowest BCUT2D eigenvalue weighted by atomic mass is 9.92. The minimum absolute atomic E-state index is 0.0830. The predicted octanol–water partition coefficient (Wildman–Crippen LogP) is 5.10. The van der Waals surface area contributed by atoms with Crippen LogP contribution in [0, 0.1) is 12.8 Å². The highest BCUT2D eigenvalue weighted by molar-refractivity contribution is 5.95. The zero-order valence-corrected chi connectivity index (χ0v) is 22.9. The number of aromatic nitrogens is 2. The Morgan fingerprint density at radius 3 is 2.61 bits per heavy atom. The van der Waals surface area contributed by atoms with Crippen LogP contribution in [0.4, 0.5) is 5.82 Å². The minimum Gasteiger partial charge on any atom is -0.358 e. The van der Waals surface area contributed by atoms with Gasteiger partial charge in [0.25, 0.3) is 11.5 Å². The summed E-state index contributed by atoms with van der Waals surface area (Å²) in [5.74, 6) is 0.443. The number of likely N-dealkylation sites (tertiary alicyclic amines) is 1. The van der Waals surface area contributed by atoms with E-state index in [1.54, 1.807) is 23.0 Å². The highest BCUT2D eigenvalue weighted by atomic mass is 16.2. The third-order valence-corrected chi connectivity index (χ3v) is 8.09. The van der Waals surface area contributed by atoms with Crippen molar-refractivity contribution in [3.8, 4) is 5.69 Å². The number of benzene rings is 2. The molecule has 2 heterocycles. The third kappa shape index (κ3) is 5.68. The number of rotatable bonds is 9. The van der Waals surface area contributed by atoms with Gasteiger partial charge in [-0.25, -0.2) is 4.98 Å². The van der Waals surface area contributed by atoms with Gasteiger partial charge < -0.3 is 10.6 Å². The summed E-state index contributed by atoms with van der Waals surface area (Å²) in [5, 5.41) is 6.55. The van der Waals surface area contributed by atoms with Gasteiger partial charge in [0.15, 0.2) is 5.82 Å². The zero-order chi connectivity index (χ0) is 26.9. The molecule has 1 aromatic heterocycles. The van der Waals surface area contributed by atoms with Crippen LogP contribution < -0.4 is 16.2 Å². The molecule has 0 bridgehead atoms. The number of nitrogens with zero attached hydrogens (tertiary/aromatic N) is 3. The quantitative estimate of drug-likeness (QED) is 0.416. The monoisotopic (exact) mass is 513 g/mol. The molecular formula is C31H39N5O2. The SMILES string of the molecule is Cc1ccc(C(=O)NC2CC2)cc1-n1ccnc(N[C@@H](c2ccccc2)[C@@H](C)CN2CCCC2(C)C)c1=O. The first-order chi connectivity index (χ1) is 18.2. The molecule has 1 aliphatic carbocycles. The molecule has 1 amide bonds. The van der Waals surface area contributed by atoms with E-state index in [0.717, 1.165) is 37.1 Å². The van der Waals surface area contributed by atoms with Crippen molar-refractivity contribution in [2.24, 2.45) is 5.92 Å². The van der Waals surface area contributed by atoms with Gasteiger partial charge in [-0.3, -0.25) is 19.1 Å². The summed E-state index contributed by atoms with van der Waals surface area (Å²) >= 11 is 0. The molecule has 3 aromatic rings. The number of aryl methyl sites for hydroxylation is 1. The first-order valence-electron chi connectivity index (χ1n) is 13.8. The van der Waals surface area contributed by atoms with Crippen LogP contribution in [-0.2, 0) is 0 Å². The van der Waals surface area contributed by atoms with Gasteiger partial charge in [-0.05, 0) is 82.2 Å². The smallest absolute Gasteiger partial charge is 0.297 e. The summed E-state index contributed by atoms with van der Waals surface area (Å²) in [6.45, 7) is 10.8. The molecule has 0 radical (unpaired) electrons. The average Bonchev–Trinajstić information content (AvgIpc) is 3.65. The summed E-state index contributed by atoms with van der Waals surface area (Å²) in [7, 11) is 0. The van der Waals surface area contributed by atoms with Crippen LogP contribution in [-0.4, -0.2) is 45.0 Å². The van der Waals surface area contributed by atoms with Crippen LogP contribution in [0.1, 0.15) is 74.0 Å². The van der Waals surface area contributed by atoms with E-state index < -0.39 is 0 Å². The molecule has 2 atom stereocenters. The lowest BCUT2D eigenvalue weighted by Crippen LogP contribution is -2.42. The van der Waals surface area contributed by atoms with Crippen LogP contribution >= 0.6 is 0 Å². The Balaban J connectivity index is 1.44. The van der Waals surface area contributed by atoms with Crippen LogP contribution in [0.2, 0.25) is 0 Å². The Kier molecular flexibility index (Phi) is 7.39. The zero-order valence-electron chi connectivity index (χ0n) is 22.9. The van der Waals surface area contributed by atoms with Gasteiger partial charge in [0, 0.05) is 36.1 Å². The normalized spacial score (nSPS) is 18.6. The maximum absolute atomic E-state index is 13.8. The molecule has 2 aliphatic rings. The summed E-state index contributed by atoms with van der Waals surface area (Å²) in [5.41, 5.74) is 3.23. The molecule has 1 saturated heterocycles. The van der Waals surface area contributed by atoms with Crippen LogP contribution in [0.25, 0.3) is 5.69 Å². The summed E-state index contributed by atoms with van der Waals surface area (Å²) in [4.78, 5) is 33.5. The topological polar surface area (TPSA) is 79.3 Å². The van der Waals surface area contributed by atoms with Gasteiger partial charge in [-0.2, -0.15) is 0 Å². The second kappa shape index (κ2) is 10.7. The van der Waals surface area contributed by atoms with Gasteiger partial charge in [-0.1, -0.05) is 43.3 Å². The fourth-order valence-corrected chi connectivity index (χ4v) is 5.52. The first kappa shape index (κ1) is 26.2. The van der Waals surface area contributed by atoms with Crippen molar-refractivity contribution < 1.29 is 4.79 Å². The summed E-state index contributed by atoms with van der Waals surface area (Å²) < 4.78 is 1.59. The van der Waals surface area contributed by atoms with Crippen molar-refractivity contribution in [2.75, 3.05) is 18.4 Å². The lowest BCUT2D eigenvalue weighted by Gasteiger charge is -2.36. The molecule has 7 heteroatoms. The molecule has 0 spiro atoms. The summed E-state index contributed by atoms with van der Waals surface area (Å²) in [6.07, 6.45) is 7.79. The average molecular weight is 514 g/mol. The molecule has 2 N–H and O–H groups in total. The molecule has 2 fully saturated rings. The predicted molar refractivity (Wildman–Crippen MR) is 152 cm³/mol. The van der Waals surface area contributed by atoms with Crippen LogP contribution in [0.3, 0.4) is 0 Å². The van der Waals surface area contributed by atoms with Crippen LogP contribution in [0.5, 0.6) is 0 Å². The molecule has 2 aromatic carbocycles. The Hall–Kier alpha value is -3.45. The van der Waals surface area contributed by atoms with Crippen molar-refractivity contribution in [3.63, 3.8) is 0 Å². The van der Waals surface area contributed by atoms with E-state index in [9.17, 15) is 9.59 Å². The molecule has 1 aliphatic heterocycles. The number of hydrogen-bond donors (Lipinski definition) is 2. The molecule has 200 valence electrons. The van der Waals surface area contributed by atoms with E-state index in [4.69, 9.17) is 0 Å². The van der Waals surface area contributed by atoms with Crippen molar-refractivity contribution in [1.82, 2.24) is 19.8 Å². The van der Waals surface area contributed by atoms with E-state index in [-0.39, 0.29) is 35.0 Å². The highest BCUT2D eigenvalue weighted by Crippen LogP contribution is 2.33. The van der Waals surface area contributed by atoms with E-state index in [2.05, 4.69) is 53.4 Å². The Morgan fingerprint density at radius 1 is 1.16 bits per heavy atom. The Bertz CT molecular complexity index is 1350. The molecule has 1 saturated carbocycles. The van der Waals surface area contributed by atoms with Crippen LogP contribution in [0.15, 0.2) is 65.7 Å². The van der Waals surface area contributed by atoms with Gasteiger partial charge in [0.1, 0.15) is 0 Å². The number of hydrogen-bond acceptors (Lipinski definition) is 5. The van der Waals surface area contributed by atoms with E-state index in [0.29, 0.717) is 17.1 Å². The van der Waals surface area contributed by atoms with Crippen molar-refractivity contribution in [3.05, 3.63) is 88.0 Å². The number of nitrogens with one attached hydrogen (secondary N) is 2. The lowest BCUT2D eigenvalue weighted by molar-refractivity contribution is 0.0951. The molecular weight excluding hydrogens is 474 g/mol. The first-order valence-corrected chi connectivity index (χ1v) is 13.8. The highest BCUT2D eigenvalue weighted by Gasteiger charge is 2.34. The Labute approximate surface area is 225 Å². The number of anilines is 1. The van der Waals surface area contributed by atoms with Gasteiger partial charge in [-0.15, -0.1) is 0 Å². The molecule has 5 rings (SSSR count). The maximum atomic E-state index is 13.8. The van der Waals surface area contributed by atoms with Gasteiger partial charge in [0.05, 0.1) is 11.7 Å². The number of carbonyl (C=O) groups is 1. The minimum atomic E-state index is -0.231. The largest absolute Gasteiger partial charge is 0.358 e. The molecule has 7 nitrogen and oxygen atoms in total. The van der Waals surface area contributed by atoms with Crippen molar-refractivity contribution in [2.45, 2.75) is 71.0 Å². The molecule has 0 unspecified atom stereocenters. The van der Waals surface area contributed by atoms with E-state index in [1.807, 2.05) is 37.3 Å². The number of carbonyl (C=O) groups excluding carboxylic acids is 1. The van der Waals surface area contributed by atoms with Crippen molar-refractivity contribution in [1.29, 1.82) is 0 Å². The Morgan fingerprint density at radius 2 is 1.92 bits per heavy atom. The van der Waals surface area contributed by atoms with Crippen molar-refractivity contribution >= 4 is 11.7 Å². The molecule has 38 heavy (non-hydrogen) atoms. The summed E-state index contributed by atoms with van der Waals surface area (Å²) in [6, 6.07) is 16.0. The fraction of sp³-hybridized carbons (Fsp3) is 0.452. The third-order valence-electron chi connectivity index (χ3n) is 8.09. The maximum Gasteiger partial charge on any atom is 0.297 e. The second-order valence-electron chi connectivity index (χ2n) is 11.6. The number of amides is 1. The van der Waals surface area contributed by atoms with Gasteiger partial charge in [0.2, 0.25) is 0 Å². The van der Waals surface area contributed by atoms with E-state index in [1.165, 1.54) is 12.8 Å². The standard InChI is InChI=1S/C31H39N5O2/c1-21-11-12-24(29(37)33-25-13-14-25)19-26(21)36-18-16-32-28(30(36)38)34-27(23-9-6-5-7-10-23)22(2)20-35-17-8-15-31(35,3)4/h5-7,9-12,16,18-19,22,25,27H,8,13-15,17,20H2,1-4H3,(H,32,34)(H,33,37)/t22-,27+/m0/s1.